The zero-order valence-corrected chi connectivity index (χ0v) is 15.7. The van der Waals surface area contributed by atoms with Crippen LogP contribution in [0, 0.1) is 6.92 Å². The summed E-state index contributed by atoms with van der Waals surface area (Å²) < 4.78 is 28.0. The Hall–Kier alpha value is -1.28. The quantitative estimate of drug-likeness (QED) is 0.885. The summed E-state index contributed by atoms with van der Waals surface area (Å²) in [7, 11) is -3.49. The minimum atomic E-state index is -3.49. The summed E-state index contributed by atoms with van der Waals surface area (Å²) in [6.45, 7) is 5.97. The van der Waals surface area contributed by atoms with Crippen molar-refractivity contribution < 1.29 is 8.42 Å². The Morgan fingerprint density at radius 3 is 2.96 bits per heavy atom. The number of piperazine rings is 1. The highest BCUT2D eigenvalue weighted by Gasteiger charge is 2.33. The van der Waals surface area contributed by atoms with Gasteiger partial charge in [-0.05, 0) is 25.5 Å². The number of nitrogens with zero attached hydrogens (tertiary/aromatic N) is 2. The molecule has 130 valence electrons. The van der Waals surface area contributed by atoms with Gasteiger partial charge in [0.15, 0.2) is 0 Å². The lowest BCUT2D eigenvalue weighted by atomic mass is 10.1. The third-order valence-electron chi connectivity index (χ3n) is 4.22. The molecule has 0 amide bonds. The first kappa shape index (κ1) is 17.5. The maximum Gasteiger partial charge on any atom is 0.243 e. The van der Waals surface area contributed by atoms with E-state index in [-0.39, 0.29) is 6.04 Å². The van der Waals surface area contributed by atoms with Gasteiger partial charge in [0.1, 0.15) is 5.01 Å². The molecule has 1 N–H and O–H groups in total. The third kappa shape index (κ3) is 3.54. The van der Waals surface area contributed by atoms with E-state index in [4.69, 9.17) is 0 Å². The van der Waals surface area contributed by atoms with Crippen molar-refractivity contribution >= 4 is 21.4 Å². The molecule has 1 aliphatic heterocycles. The van der Waals surface area contributed by atoms with Gasteiger partial charge in [0.05, 0.1) is 4.90 Å². The van der Waals surface area contributed by atoms with Crippen molar-refractivity contribution in [3.05, 3.63) is 35.3 Å². The van der Waals surface area contributed by atoms with Crippen LogP contribution in [0.4, 0.5) is 0 Å². The highest BCUT2D eigenvalue weighted by molar-refractivity contribution is 7.89. The van der Waals surface area contributed by atoms with E-state index >= 15 is 0 Å². The zero-order chi connectivity index (χ0) is 17.2. The molecule has 2 aromatic rings. The van der Waals surface area contributed by atoms with Crippen molar-refractivity contribution in [3.8, 4) is 10.6 Å². The maximum absolute atomic E-state index is 13.1. The summed E-state index contributed by atoms with van der Waals surface area (Å²) in [5, 5.41) is 6.13. The standard InChI is InChI=1S/C17H23N3O2S2/c1-3-5-15-11-18-8-9-20(15)24(21,22)16-7-4-6-14(10-16)17-19-13(2)12-23-17/h4,6-7,10,12,15,18H,3,5,8-9,11H2,1-2H3. The van der Waals surface area contributed by atoms with Crippen molar-refractivity contribution in [1.29, 1.82) is 0 Å². The number of aromatic nitrogens is 1. The van der Waals surface area contributed by atoms with Crippen molar-refractivity contribution in [3.63, 3.8) is 0 Å². The van der Waals surface area contributed by atoms with E-state index < -0.39 is 10.0 Å². The summed E-state index contributed by atoms with van der Waals surface area (Å²) in [6, 6.07) is 7.18. The first-order chi connectivity index (χ1) is 11.5. The van der Waals surface area contributed by atoms with E-state index in [1.807, 2.05) is 18.4 Å². The number of thiazole rings is 1. The fraction of sp³-hybridized carbons (Fsp3) is 0.471. The maximum atomic E-state index is 13.1. The summed E-state index contributed by atoms with van der Waals surface area (Å²) in [6.07, 6.45) is 1.84. The average molecular weight is 366 g/mol. The number of rotatable bonds is 5. The molecule has 1 aromatic heterocycles. The molecule has 1 aromatic carbocycles. The van der Waals surface area contributed by atoms with Crippen LogP contribution in [0.3, 0.4) is 0 Å². The summed E-state index contributed by atoms with van der Waals surface area (Å²) in [5.41, 5.74) is 1.81. The average Bonchev–Trinajstić information content (AvgIpc) is 3.02. The monoisotopic (exact) mass is 365 g/mol. The summed E-state index contributed by atoms with van der Waals surface area (Å²) in [5.74, 6) is 0. The molecule has 1 unspecified atom stereocenters. The van der Waals surface area contributed by atoms with Crippen LogP contribution < -0.4 is 5.32 Å². The molecular formula is C17H23N3O2S2. The van der Waals surface area contributed by atoms with Crippen molar-refractivity contribution in [1.82, 2.24) is 14.6 Å². The van der Waals surface area contributed by atoms with Gasteiger partial charge in [-0.15, -0.1) is 11.3 Å². The molecule has 0 aliphatic carbocycles. The molecule has 0 spiro atoms. The molecule has 3 rings (SSSR count). The summed E-state index contributed by atoms with van der Waals surface area (Å²) >= 11 is 1.54. The topological polar surface area (TPSA) is 62.3 Å². The van der Waals surface area contributed by atoms with E-state index in [1.54, 1.807) is 22.5 Å². The molecule has 7 heteroatoms. The van der Waals surface area contributed by atoms with Gasteiger partial charge >= 0.3 is 0 Å². The lowest BCUT2D eigenvalue weighted by Crippen LogP contribution is -2.53. The highest BCUT2D eigenvalue weighted by Crippen LogP contribution is 2.28. The van der Waals surface area contributed by atoms with E-state index in [9.17, 15) is 8.42 Å². The highest BCUT2D eigenvalue weighted by atomic mass is 32.2. The van der Waals surface area contributed by atoms with Crippen LogP contribution in [0.25, 0.3) is 10.6 Å². The zero-order valence-electron chi connectivity index (χ0n) is 14.0. The lowest BCUT2D eigenvalue weighted by Gasteiger charge is -2.35. The van der Waals surface area contributed by atoms with Gasteiger partial charge in [-0.3, -0.25) is 0 Å². The number of hydrogen-bond donors (Lipinski definition) is 1. The summed E-state index contributed by atoms with van der Waals surface area (Å²) in [4.78, 5) is 4.82. The van der Waals surface area contributed by atoms with Gasteiger partial charge in [0.2, 0.25) is 10.0 Å². The first-order valence-corrected chi connectivity index (χ1v) is 10.6. The van der Waals surface area contributed by atoms with Gasteiger partial charge in [-0.1, -0.05) is 25.5 Å². The minimum Gasteiger partial charge on any atom is -0.314 e. The van der Waals surface area contributed by atoms with E-state index in [1.165, 1.54) is 11.3 Å². The van der Waals surface area contributed by atoms with Crippen molar-refractivity contribution in [2.45, 2.75) is 37.6 Å². The number of benzene rings is 1. The second kappa shape index (κ2) is 7.31. The van der Waals surface area contributed by atoms with Crippen molar-refractivity contribution in [2.75, 3.05) is 19.6 Å². The van der Waals surface area contributed by atoms with Crippen LogP contribution in [0.2, 0.25) is 0 Å². The number of sulfonamides is 1. The molecule has 5 nitrogen and oxygen atoms in total. The molecule has 0 radical (unpaired) electrons. The molecule has 0 bridgehead atoms. The largest absolute Gasteiger partial charge is 0.314 e. The minimum absolute atomic E-state index is 0.0273. The molecule has 1 saturated heterocycles. The lowest BCUT2D eigenvalue weighted by molar-refractivity contribution is 0.254. The van der Waals surface area contributed by atoms with Crippen molar-refractivity contribution in [2.24, 2.45) is 0 Å². The smallest absolute Gasteiger partial charge is 0.243 e. The molecule has 2 heterocycles. The second-order valence-electron chi connectivity index (χ2n) is 6.08. The normalized spacial score (nSPS) is 19.5. The number of nitrogens with one attached hydrogen (secondary N) is 1. The molecule has 1 fully saturated rings. The molecule has 24 heavy (non-hydrogen) atoms. The van der Waals surface area contributed by atoms with Gasteiger partial charge in [0, 0.05) is 42.3 Å². The van der Waals surface area contributed by atoms with E-state index in [2.05, 4.69) is 17.2 Å². The Bertz CT molecular complexity index is 800. The second-order valence-corrected chi connectivity index (χ2v) is 8.83. The molecule has 0 saturated carbocycles. The van der Waals surface area contributed by atoms with Crippen LogP contribution >= 0.6 is 11.3 Å². The Kier molecular flexibility index (Phi) is 5.34. The third-order valence-corrected chi connectivity index (χ3v) is 7.18. The Morgan fingerprint density at radius 1 is 1.42 bits per heavy atom. The van der Waals surface area contributed by atoms with E-state index in [0.29, 0.717) is 18.0 Å². The van der Waals surface area contributed by atoms with Crippen LogP contribution in [0.1, 0.15) is 25.5 Å². The Labute approximate surface area is 147 Å². The molecular weight excluding hydrogens is 342 g/mol. The van der Waals surface area contributed by atoms with Crippen LogP contribution in [-0.2, 0) is 10.0 Å². The first-order valence-electron chi connectivity index (χ1n) is 8.27. The SMILES string of the molecule is CCCC1CNCCN1S(=O)(=O)c1cccc(-c2nc(C)cs2)c1. The fourth-order valence-electron chi connectivity index (χ4n) is 3.05. The fourth-order valence-corrected chi connectivity index (χ4v) is 5.55. The molecule has 1 atom stereocenters. The van der Waals surface area contributed by atoms with Gasteiger partial charge in [0.25, 0.3) is 0 Å². The van der Waals surface area contributed by atoms with Crippen LogP contribution in [0.15, 0.2) is 34.5 Å². The number of aryl methyl sites for hydroxylation is 1. The Morgan fingerprint density at radius 2 is 2.25 bits per heavy atom. The Balaban J connectivity index is 1.94. The van der Waals surface area contributed by atoms with Crippen LogP contribution in [0.5, 0.6) is 0 Å². The molecule has 1 aliphatic rings. The van der Waals surface area contributed by atoms with Crippen LogP contribution in [-0.4, -0.2) is 43.4 Å². The van der Waals surface area contributed by atoms with E-state index in [0.717, 1.165) is 35.7 Å². The number of hydrogen-bond acceptors (Lipinski definition) is 5. The van der Waals surface area contributed by atoms with Gasteiger partial charge in [-0.25, -0.2) is 13.4 Å². The van der Waals surface area contributed by atoms with Gasteiger partial charge < -0.3 is 5.32 Å². The van der Waals surface area contributed by atoms with Gasteiger partial charge in [-0.2, -0.15) is 4.31 Å². The predicted molar refractivity (Wildman–Crippen MR) is 97.7 cm³/mol. The predicted octanol–water partition coefficient (Wildman–Crippen LogP) is 2.88.